The van der Waals surface area contributed by atoms with Gasteiger partial charge in [-0.15, -0.1) is 5.10 Å². The standard InChI is InChI=1S/C28H39N5O6/c1-18(2)15-32(21-14-20(27(35)36)16-31(17-21)28(37)38)26(34)25-24(11-4-5-13-39-3)33(30-29-25)23-12-7-9-19-8-6-10-22(19)23/h7,9,12,18,20-21H,4-6,8,10-11,13-17H2,1-3H3,(H,35,36)(H,37,38)/t20-,21+/m1/s1. The molecule has 1 aliphatic carbocycles. The van der Waals surface area contributed by atoms with Crippen molar-refractivity contribution in [1.82, 2.24) is 24.8 Å². The molecule has 1 aromatic carbocycles. The van der Waals surface area contributed by atoms with Crippen LogP contribution in [0.4, 0.5) is 4.79 Å². The van der Waals surface area contributed by atoms with Crippen molar-refractivity contribution < 1.29 is 29.3 Å². The maximum Gasteiger partial charge on any atom is 0.407 e. The van der Waals surface area contributed by atoms with Gasteiger partial charge < -0.3 is 24.7 Å². The first-order chi connectivity index (χ1) is 18.7. The summed E-state index contributed by atoms with van der Waals surface area (Å²) < 4.78 is 7.01. The average molecular weight is 542 g/mol. The van der Waals surface area contributed by atoms with Crippen LogP contribution in [0.3, 0.4) is 0 Å². The first-order valence-corrected chi connectivity index (χ1v) is 13.8. The van der Waals surface area contributed by atoms with E-state index < -0.39 is 24.0 Å². The lowest BCUT2D eigenvalue weighted by molar-refractivity contribution is -0.144. The number of carboxylic acids is 1. The summed E-state index contributed by atoms with van der Waals surface area (Å²) in [7, 11) is 1.66. The van der Waals surface area contributed by atoms with E-state index >= 15 is 0 Å². The van der Waals surface area contributed by atoms with Crippen LogP contribution in [0.25, 0.3) is 5.69 Å². The SMILES string of the molecule is COCCCCc1c(C(=O)N(CC(C)C)[C@H]2C[C@@H](C(=O)O)CN(C(=O)O)C2)nnn1-c1cccc2c1CCC2. The Morgan fingerprint density at radius 3 is 2.64 bits per heavy atom. The summed E-state index contributed by atoms with van der Waals surface area (Å²) in [5.41, 5.74) is 4.41. The van der Waals surface area contributed by atoms with Gasteiger partial charge in [-0.05, 0) is 68.1 Å². The summed E-state index contributed by atoms with van der Waals surface area (Å²) in [6.45, 7) is 4.87. The molecule has 2 N–H and O–H groups in total. The van der Waals surface area contributed by atoms with Crippen molar-refractivity contribution >= 4 is 18.0 Å². The van der Waals surface area contributed by atoms with E-state index in [9.17, 15) is 24.6 Å². The molecule has 0 bridgehead atoms. The number of likely N-dealkylation sites (tertiary alicyclic amines) is 1. The lowest BCUT2D eigenvalue weighted by Crippen LogP contribution is -2.56. The minimum Gasteiger partial charge on any atom is -0.481 e. The Morgan fingerprint density at radius 1 is 1.15 bits per heavy atom. The molecule has 2 heterocycles. The summed E-state index contributed by atoms with van der Waals surface area (Å²) in [6, 6.07) is 5.57. The van der Waals surface area contributed by atoms with Gasteiger partial charge in [-0.1, -0.05) is 31.2 Å². The third kappa shape index (κ3) is 6.41. The molecule has 39 heavy (non-hydrogen) atoms. The number of unbranched alkanes of at least 4 members (excludes halogenated alkanes) is 1. The number of carbonyl (C=O) groups is 3. The molecule has 0 radical (unpaired) electrons. The van der Waals surface area contributed by atoms with Crippen molar-refractivity contribution in [3.05, 3.63) is 40.7 Å². The molecular formula is C28H39N5O6. The van der Waals surface area contributed by atoms with E-state index in [2.05, 4.69) is 16.4 Å². The molecule has 1 aliphatic heterocycles. The number of aromatic nitrogens is 3. The fourth-order valence-electron chi connectivity index (χ4n) is 5.78. The van der Waals surface area contributed by atoms with Crippen LogP contribution in [0, 0.1) is 11.8 Å². The summed E-state index contributed by atoms with van der Waals surface area (Å²) in [4.78, 5) is 40.6. The van der Waals surface area contributed by atoms with Crippen molar-refractivity contribution in [3.8, 4) is 5.69 Å². The van der Waals surface area contributed by atoms with E-state index in [-0.39, 0.29) is 37.0 Å². The molecule has 212 valence electrons. The molecule has 2 atom stereocenters. The molecule has 2 amide bonds. The number of amides is 2. The Labute approximate surface area is 228 Å². The predicted octanol–water partition coefficient (Wildman–Crippen LogP) is 3.28. The monoisotopic (exact) mass is 541 g/mol. The van der Waals surface area contributed by atoms with E-state index in [1.807, 2.05) is 26.0 Å². The number of aliphatic carboxylic acids is 1. The number of aryl methyl sites for hydroxylation is 1. The van der Waals surface area contributed by atoms with Crippen molar-refractivity contribution in [3.63, 3.8) is 0 Å². The van der Waals surface area contributed by atoms with Crippen LogP contribution in [0.5, 0.6) is 0 Å². The van der Waals surface area contributed by atoms with Gasteiger partial charge in [-0.3, -0.25) is 9.59 Å². The first kappa shape index (κ1) is 28.5. The molecule has 1 saturated heterocycles. The number of ether oxygens (including phenoxy) is 1. The van der Waals surface area contributed by atoms with E-state index in [0.29, 0.717) is 25.3 Å². The number of benzene rings is 1. The Kier molecular flexibility index (Phi) is 9.21. The minimum absolute atomic E-state index is 0.0566. The van der Waals surface area contributed by atoms with Gasteiger partial charge in [0.05, 0.1) is 23.3 Å². The Balaban J connectivity index is 1.72. The molecule has 0 unspecified atom stereocenters. The third-order valence-electron chi connectivity index (χ3n) is 7.64. The minimum atomic E-state index is -1.19. The van der Waals surface area contributed by atoms with Gasteiger partial charge >= 0.3 is 12.1 Å². The molecule has 0 saturated carbocycles. The van der Waals surface area contributed by atoms with Crippen LogP contribution < -0.4 is 0 Å². The molecule has 4 rings (SSSR count). The second kappa shape index (κ2) is 12.6. The molecule has 2 aliphatic rings. The highest BCUT2D eigenvalue weighted by Crippen LogP contribution is 2.30. The van der Waals surface area contributed by atoms with Gasteiger partial charge in [-0.2, -0.15) is 0 Å². The third-order valence-corrected chi connectivity index (χ3v) is 7.64. The fourth-order valence-corrected chi connectivity index (χ4v) is 5.78. The number of hydrogen-bond donors (Lipinski definition) is 2. The van der Waals surface area contributed by atoms with Gasteiger partial charge in [0.25, 0.3) is 5.91 Å². The number of nitrogens with zero attached hydrogens (tertiary/aromatic N) is 5. The molecular weight excluding hydrogens is 502 g/mol. The van der Waals surface area contributed by atoms with E-state index in [4.69, 9.17) is 4.74 Å². The van der Waals surface area contributed by atoms with Gasteiger partial charge in [0.15, 0.2) is 5.69 Å². The summed E-state index contributed by atoms with van der Waals surface area (Å²) in [5, 5.41) is 28.2. The maximum absolute atomic E-state index is 14.2. The molecule has 0 spiro atoms. The zero-order chi connectivity index (χ0) is 28.1. The largest absolute Gasteiger partial charge is 0.481 e. The van der Waals surface area contributed by atoms with E-state index in [1.54, 1.807) is 16.7 Å². The topological polar surface area (TPSA) is 138 Å². The van der Waals surface area contributed by atoms with Crippen LogP contribution >= 0.6 is 0 Å². The van der Waals surface area contributed by atoms with E-state index in [1.165, 1.54) is 11.1 Å². The average Bonchev–Trinajstić information content (AvgIpc) is 3.56. The number of methoxy groups -OCH3 is 1. The number of piperidine rings is 1. The van der Waals surface area contributed by atoms with Gasteiger partial charge in [0.1, 0.15) is 0 Å². The first-order valence-electron chi connectivity index (χ1n) is 13.8. The van der Waals surface area contributed by atoms with Crippen LogP contribution in [-0.2, 0) is 28.8 Å². The maximum atomic E-state index is 14.2. The molecule has 1 fully saturated rings. The van der Waals surface area contributed by atoms with Crippen molar-refractivity contribution in [2.75, 3.05) is 33.4 Å². The van der Waals surface area contributed by atoms with Gasteiger partial charge in [0, 0.05) is 33.4 Å². The Morgan fingerprint density at radius 2 is 1.95 bits per heavy atom. The zero-order valence-electron chi connectivity index (χ0n) is 23.0. The number of carbonyl (C=O) groups excluding carboxylic acids is 1. The highest BCUT2D eigenvalue weighted by Gasteiger charge is 2.39. The number of fused-ring (bicyclic) bond motifs is 1. The van der Waals surface area contributed by atoms with Gasteiger partial charge in [0.2, 0.25) is 0 Å². The predicted molar refractivity (Wildman–Crippen MR) is 143 cm³/mol. The second-order valence-electron chi connectivity index (χ2n) is 11.0. The van der Waals surface area contributed by atoms with Crippen molar-refractivity contribution in [1.29, 1.82) is 0 Å². The number of carboxylic acid groups (broad SMARTS) is 2. The van der Waals surface area contributed by atoms with Crippen LogP contribution in [0.1, 0.15) is 66.8 Å². The molecule has 11 heteroatoms. The Bertz CT molecular complexity index is 1170. The Hall–Kier alpha value is -3.47. The number of rotatable bonds is 11. The highest BCUT2D eigenvalue weighted by molar-refractivity contribution is 5.94. The molecule has 1 aromatic heterocycles. The highest BCUT2D eigenvalue weighted by atomic mass is 16.5. The lowest BCUT2D eigenvalue weighted by Gasteiger charge is -2.41. The quantitative estimate of drug-likeness (QED) is 0.414. The summed E-state index contributed by atoms with van der Waals surface area (Å²) in [6.07, 6.45) is 4.19. The smallest absolute Gasteiger partial charge is 0.407 e. The summed E-state index contributed by atoms with van der Waals surface area (Å²) in [5.74, 6) is -2.22. The van der Waals surface area contributed by atoms with Gasteiger partial charge in [-0.25, -0.2) is 9.48 Å². The zero-order valence-corrected chi connectivity index (χ0v) is 23.0. The second-order valence-corrected chi connectivity index (χ2v) is 11.0. The molecule has 11 nitrogen and oxygen atoms in total. The van der Waals surface area contributed by atoms with Crippen molar-refractivity contribution in [2.45, 2.75) is 64.8 Å². The van der Waals surface area contributed by atoms with Crippen LogP contribution in [0.2, 0.25) is 0 Å². The fraction of sp³-hybridized carbons (Fsp3) is 0.607. The summed E-state index contributed by atoms with van der Waals surface area (Å²) >= 11 is 0. The van der Waals surface area contributed by atoms with Crippen molar-refractivity contribution in [2.24, 2.45) is 11.8 Å². The van der Waals surface area contributed by atoms with Crippen LogP contribution in [-0.4, -0.2) is 92.4 Å². The van der Waals surface area contributed by atoms with E-state index in [0.717, 1.165) is 42.7 Å². The lowest BCUT2D eigenvalue weighted by atomic mass is 9.92. The normalized spacial score (nSPS) is 18.8. The number of hydrogen-bond acceptors (Lipinski definition) is 6. The van der Waals surface area contributed by atoms with Crippen LogP contribution in [0.15, 0.2) is 18.2 Å². The molecule has 2 aromatic rings.